The summed E-state index contributed by atoms with van der Waals surface area (Å²) in [5, 5.41) is 10.00. The van der Waals surface area contributed by atoms with Gasteiger partial charge in [-0.1, -0.05) is 0 Å². The monoisotopic (exact) mass is 167 g/mol. The maximum Gasteiger partial charge on any atom is 0.0671 e. The number of hydrogen-bond donors (Lipinski definition) is 2. The van der Waals surface area contributed by atoms with Crippen molar-refractivity contribution in [1.29, 1.82) is 0 Å². The van der Waals surface area contributed by atoms with E-state index in [9.17, 15) is 5.11 Å². The third-order valence-electron chi connectivity index (χ3n) is 2.59. The molecule has 1 rings (SSSR count). The van der Waals surface area contributed by atoms with Gasteiger partial charge in [-0.2, -0.15) is 0 Å². The highest BCUT2D eigenvalue weighted by molar-refractivity contribution is 4.93. The molecule has 1 aliphatic carbocycles. The van der Waals surface area contributed by atoms with Crippen molar-refractivity contribution in [2.75, 3.05) is 0 Å². The van der Waals surface area contributed by atoms with E-state index in [0.29, 0.717) is 19.3 Å². The van der Waals surface area contributed by atoms with Crippen molar-refractivity contribution in [3.8, 4) is 12.3 Å². The van der Waals surface area contributed by atoms with Crippen LogP contribution in [0.15, 0.2) is 0 Å². The Hall–Kier alpha value is -0.520. The van der Waals surface area contributed by atoms with Crippen LogP contribution in [0.25, 0.3) is 0 Å². The molecular weight excluding hydrogens is 150 g/mol. The Bertz CT molecular complexity index is 185. The fourth-order valence-electron chi connectivity index (χ4n) is 1.92. The van der Waals surface area contributed by atoms with Crippen LogP contribution >= 0.6 is 0 Å². The minimum Gasteiger partial charge on any atom is -0.390 e. The number of hydrogen-bond acceptors (Lipinski definition) is 2. The molecular formula is C10H17NO. The van der Waals surface area contributed by atoms with Crippen molar-refractivity contribution in [2.24, 2.45) is 5.73 Å². The van der Waals surface area contributed by atoms with Gasteiger partial charge in [0.15, 0.2) is 0 Å². The molecule has 1 aliphatic rings. The predicted octanol–water partition coefficient (Wildman–Crippen LogP) is 1.03. The first-order valence-electron chi connectivity index (χ1n) is 4.58. The largest absolute Gasteiger partial charge is 0.390 e. The molecule has 0 aliphatic heterocycles. The smallest absolute Gasteiger partial charge is 0.0671 e. The Morgan fingerprint density at radius 1 is 1.67 bits per heavy atom. The number of rotatable bonds is 2. The molecule has 68 valence electrons. The van der Waals surface area contributed by atoms with Crippen molar-refractivity contribution in [3.63, 3.8) is 0 Å². The van der Waals surface area contributed by atoms with E-state index in [0.717, 1.165) is 19.3 Å². The van der Waals surface area contributed by atoms with E-state index >= 15 is 0 Å². The van der Waals surface area contributed by atoms with Crippen molar-refractivity contribution >= 4 is 0 Å². The van der Waals surface area contributed by atoms with Crippen LogP contribution in [0, 0.1) is 12.3 Å². The molecule has 2 nitrogen and oxygen atoms in total. The highest BCUT2D eigenvalue weighted by Crippen LogP contribution is 2.30. The van der Waals surface area contributed by atoms with Gasteiger partial charge in [-0.05, 0) is 32.1 Å². The van der Waals surface area contributed by atoms with Crippen molar-refractivity contribution < 1.29 is 5.11 Å². The maximum atomic E-state index is 10.00. The van der Waals surface area contributed by atoms with E-state index in [4.69, 9.17) is 12.2 Å². The molecule has 0 aromatic heterocycles. The first kappa shape index (κ1) is 9.57. The van der Waals surface area contributed by atoms with Gasteiger partial charge in [-0.15, -0.1) is 12.3 Å². The molecule has 3 N–H and O–H groups in total. The topological polar surface area (TPSA) is 46.2 Å². The molecule has 1 saturated carbocycles. The summed E-state index contributed by atoms with van der Waals surface area (Å²) in [6.07, 6.45) is 10.2. The van der Waals surface area contributed by atoms with E-state index < -0.39 is 5.60 Å². The van der Waals surface area contributed by atoms with Crippen molar-refractivity contribution in [3.05, 3.63) is 0 Å². The Balaban J connectivity index is 2.41. The zero-order valence-electron chi connectivity index (χ0n) is 7.42. The Morgan fingerprint density at radius 3 is 3.00 bits per heavy atom. The lowest BCUT2D eigenvalue weighted by Gasteiger charge is -2.34. The number of aliphatic hydroxyl groups is 1. The average molecular weight is 167 g/mol. The van der Waals surface area contributed by atoms with Crippen LogP contribution in [-0.2, 0) is 0 Å². The lowest BCUT2D eigenvalue weighted by Crippen LogP contribution is -2.41. The molecule has 12 heavy (non-hydrogen) atoms. The first-order valence-corrected chi connectivity index (χ1v) is 4.58. The van der Waals surface area contributed by atoms with Gasteiger partial charge in [0.25, 0.3) is 0 Å². The lowest BCUT2D eigenvalue weighted by atomic mass is 9.79. The number of nitrogens with two attached hydrogens (primary N) is 1. The Labute approximate surface area is 74.2 Å². The molecule has 0 bridgehead atoms. The van der Waals surface area contributed by atoms with E-state index in [1.54, 1.807) is 0 Å². The van der Waals surface area contributed by atoms with Crippen LogP contribution in [0.4, 0.5) is 0 Å². The summed E-state index contributed by atoms with van der Waals surface area (Å²) in [7, 11) is 0. The van der Waals surface area contributed by atoms with Gasteiger partial charge in [0.2, 0.25) is 0 Å². The first-order chi connectivity index (χ1) is 5.66. The number of terminal acetylenes is 1. The second-order valence-electron chi connectivity index (χ2n) is 3.78. The highest BCUT2D eigenvalue weighted by atomic mass is 16.3. The van der Waals surface area contributed by atoms with E-state index in [2.05, 4.69) is 5.92 Å². The van der Waals surface area contributed by atoms with Crippen LogP contribution in [0.5, 0.6) is 0 Å². The zero-order valence-corrected chi connectivity index (χ0v) is 7.42. The highest BCUT2D eigenvalue weighted by Gasteiger charge is 2.31. The molecule has 0 heterocycles. The molecule has 0 spiro atoms. The van der Waals surface area contributed by atoms with Gasteiger partial charge >= 0.3 is 0 Å². The molecule has 2 atom stereocenters. The van der Waals surface area contributed by atoms with Gasteiger partial charge in [0, 0.05) is 12.5 Å². The zero-order chi connectivity index (χ0) is 9.03. The van der Waals surface area contributed by atoms with E-state index in [1.165, 1.54) is 0 Å². The summed E-state index contributed by atoms with van der Waals surface area (Å²) in [6.45, 7) is 0. The third kappa shape index (κ3) is 2.51. The predicted molar refractivity (Wildman–Crippen MR) is 49.5 cm³/mol. The van der Waals surface area contributed by atoms with Crippen LogP contribution in [-0.4, -0.2) is 16.7 Å². The molecule has 2 heteroatoms. The minimum absolute atomic E-state index is 0.168. The molecule has 0 radical (unpaired) electrons. The normalized spacial score (nSPS) is 35.9. The molecule has 1 fully saturated rings. The molecule has 0 saturated heterocycles. The van der Waals surface area contributed by atoms with Crippen LogP contribution in [0.1, 0.15) is 38.5 Å². The molecule has 2 unspecified atom stereocenters. The fourth-order valence-corrected chi connectivity index (χ4v) is 1.92. The summed E-state index contributed by atoms with van der Waals surface area (Å²) in [5.41, 5.74) is 5.20. The Kier molecular flexibility index (Phi) is 3.13. The standard InChI is InChI=1S/C10H17NO/c1-2-3-6-10(12)7-4-5-9(11)8-10/h1,9,12H,3-8,11H2. The van der Waals surface area contributed by atoms with Gasteiger partial charge in [-0.25, -0.2) is 0 Å². The van der Waals surface area contributed by atoms with E-state index in [1.807, 2.05) is 0 Å². The van der Waals surface area contributed by atoms with Crippen molar-refractivity contribution in [2.45, 2.75) is 50.2 Å². The minimum atomic E-state index is -0.565. The summed E-state index contributed by atoms with van der Waals surface area (Å²) >= 11 is 0. The summed E-state index contributed by atoms with van der Waals surface area (Å²) in [4.78, 5) is 0. The second kappa shape index (κ2) is 3.93. The van der Waals surface area contributed by atoms with Gasteiger partial charge in [0.05, 0.1) is 5.60 Å². The second-order valence-corrected chi connectivity index (χ2v) is 3.78. The summed E-state index contributed by atoms with van der Waals surface area (Å²) in [5.74, 6) is 2.55. The van der Waals surface area contributed by atoms with Crippen LogP contribution in [0.2, 0.25) is 0 Å². The van der Waals surface area contributed by atoms with Gasteiger partial charge < -0.3 is 10.8 Å². The molecule has 0 aromatic carbocycles. The maximum absolute atomic E-state index is 10.00. The van der Waals surface area contributed by atoms with Crippen LogP contribution in [0.3, 0.4) is 0 Å². The average Bonchev–Trinajstić information content (AvgIpc) is 2.01. The van der Waals surface area contributed by atoms with Gasteiger partial charge in [0.1, 0.15) is 0 Å². The molecule has 0 amide bonds. The summed E-state index contributed by atoms with van der Waals surface area (Å²) in [6, 6.07) is 0.168. The summed E-state index contributed by atoms with van der Waals surface area (Å²) < 4.78 is 0. The van der Waals surface area contributed by atoms with E-state index in [-0.39, 0.29) is 6.04 Å². The Morgan fingerprint density at radius 2 is 2.42 bits per heavy atom. The fraction of sp³-hybridized carbons (Fsp3) is 0.800. The van der Waals surface area contributed by atoms with Crippen LogP contribution < -0.4 is 5.73 Å². The third-order valence-corrected chi connectivity index (χ3v) is 2.59. The van der Waals surface area contributed by atoms with Gasteiger partial charge in [-0.3, -0.25) is 0 Å². The van der Waals surface area contributed by atoms with Crippen molar-refractivity contribution in [1.82, 2.24) is 0 Å². The molecule has 0 aromatic rings. The SMILES string of the molecule is C#CCCC1(O)CCCC(N)C1. The lowest BCUT2D eigenvalue weighted by molar-refractivity contribution is -0.00856. The quantitative estimate of drug-likeness (QED) is 0.603.